The Morgan fingerprint density at radius 3 is 2.42 bits per heavy atom. The first-order chi connectivity index (χ1) is 14.9. The molecule has 0 bridgehead atoms. The number of hydrogen-bond acceptors (Lipinski definition) is 4. The van der Waals surface area contributed by atoms with Gasteiger partial charge >= 0.3 is 12.1 Å². The van der Waals surface area contributed by atoms with Crippen LogP contribution in [0, 0.1) is 24.6 Å². The molecular weight excluding hydrogens is 401 g/mol. The highest BCUT2D eigenvalue weighted by Crippen LogP contribution is 2.31. The Morgan fingerprint density at radius 1 is 1.06 bits per heavy atom. The summed E-state index contributed by atoms with van der Waals surface area (Å²) in [5.74, 6) is -0.616. The maximum absolute atomic E-state index is 14.0. The highest BCUT2D eigenvalue weighted by molar-refractivity contribution is 5.91. The maximum Gasteiger partial charge on any atom is 0.411 e. The molecule has 6 nitrogen and oxygen atoms in total. The first-order valence-corrected chi connectivity index (χ1v) is 10.5. The van der Waals surface area contributed by atoms with Crippen LogP contribution < -0.4 is 5.32 Å². The van der Waals surface area contributed by atoms with E-state index in [4.69, 9.17) is 14.6 Å². The number of halogens is 1. The van der Waals surface area contributed by atoms with Crippen LogP contribution in [0.1, 0.15) is 31.2 Å². The van der Waals surface area contributed by atoms with Crippen molar-refractivity contribution in [2.24, 2.45) is 11.8 Å². The van der Waals surface area contributed by atoms with Crippen molar-refractivity contribution in [3.63, 3.8) is 0 Å². The molecule has 0 heterocycles. The normalized spacial score (nSPS) is 18.4. The third-order valence-corrected chi connectivity index (χ3v) is 5.64. The summed E-state index contributed by atoms with van der Waals surface area (Å²) in [5.41, 5.74) is 2.54. The molecule has 0 atom stereocenters. The molecule has 7 heteroatoms. The van der Waals surface area contributed by atoms with Crippen molar-refractivity contribution in [2.75, 3.05) is 25.1 Å². The minimum Gasteiger partial charge on any atom is -0.480 e. The Labute approximate surface area is 181 Å². The molecule has 1 amide bonds. The van der Waals surface area contributed by atoms with Gasteiger partial charge in [0.25, 0.3) is 0 Å². The summed E-state index contributed by atoms with van der Waals surface area (Å²) in [6.07, 6.45) is 3.14. The van der Waals surface area contributed by atoms with E-state index in [0.717, 1.165) is 31.2 Å². The van der Waals surface area contributed by atoms with Crippen LogP contribution in [0.15, 0.2) is 42.5 Å². The molecule has 166 valence electrons. The quantitative estimate of drug-likeness (QED) is 0.598. The minimum absolute atomic E-state index is 0.264. The summed E-state index contributed by atoms with van der Waals surface area (Å²) in [5, 5.41) is 11.4. The third kappa shape index (κ3) is 6.79. The second-order valence-corrected chi connectivity index (χ2v) is 8.03. The molecule has 0 spiro atoms. The van der Waals surface area contributed by atoms with E-state index in [2.05, 4.69) is 5.32 Å². The van der Waals surface area contributed by atoms with Crippen LogP contribution >= 0.6 is 0 Å². The molecule has 3 rings (SSSR count). The molecule has 1 fully saturated rings. The second-order valence-electron chi connectivity index (χ2n) is 8.03. The van der Waals surface area contributed by atoms with Gasteiger partial charge in [0.15, 0.2) is 0 Å². The number of ether oxygens (including phenoxy) is 2. The van der Waals surface area contributed by atoms with Gasteiger partial charge in [0.1, 0.15) is 12.4 Å². The third-order valence-electron chi connectivity index (χ3n) is 5.64. The van der Waals surface area contributed by atoms with Crippen molar-refractivity contribution in [3.05, 3.63) is 53.8 Å². The molecule has 2 aromatic carbocycles. The molecule has 2 aromatic rings. The SMILES string of the molecule is Cc1ccc(-c2ccccc2NC(=O)OC[C@H]2CC[C@H](COCC(=O)O)CC2)cc1F. The Balaban J connectivity index is 1.48. The largest absolute Gasteiger partial charge is 0.480 e. The van der Waals surface area contributed by atoms with Crippen molar-refractivity contribution in [2.45, 2.75) is 32.6 Å². The molecule has 1 aliphatic rings. The number of rotatable bonds is 8. The number of carboxylic acid groups (broad SMARTS) is 1. The van der Waals surface area contributed by atoms with E-state index in [9.17, 15) is 14.0 Å². The van der Waals surface area contributed by atoms with E-state index < -0.39 is 12.1 Å². The molecule has 31 heavy (non-hydrogen) atoms. The summed E-state index contributed by atoms with van der Waals surface area (Å²) in [6, 6.07) is 12.2. The number of aliphatic carboxylic acids is 1. The van der Waals surface area contributed by atoms with Crippen LogP contribution in [0.4, 0.5) is 14.9 Å². The predicted molar refractivity (Wildman–Crippen MR) is 115 cm³/mol. The Bertz CT molecular complexity index is 909. The van der Waals surface area contributed by atoms with Crippen LogP contribution in [0.25, 0.3) is 11.1 Å². The van der Waals surface area contributed by atoms with E-state index in [0.29, 0.717) is 35.9 Å². The van der Waals surface area contributed by atoms with E-state index in [1.165, 1.54) is 6.07 Å². The molecule has 0 saturated heterocycles. The number of anilines is 1. The number of para-hydroxylation sites is 1. The second kappa shape index (κ2) is 10.9. The van der Waals surface area contributed by atoms with E-state index in [1.54, 1.807) is 25.1 Å². The van der Waals surface area contributed by atoms with Gasteiger partial charge in [-0.3, -0.25) is 5.32 Å². The van der Waals surface area contributed by atoms with Crippen molar-refractivity contribution in [3.8, 4) is 11.1 Å². The average Bonchev–Trinajstić information content (AvgIpc) is 2.75. The monoisotopic (exact) mass is 429 g/mol. The van der Waals surface area contributed by atoms with Crippen LogP contribution in [-0.4, -0.2) is 37.0 Å². The Hall–Kier alpha value is -2.93. The van der Waals surface area contributed by atoms with Crippen molar-refractivity contribution in [1.82, 2.24) is 0 Å². The van der Waals surface area contributed by atoms with Gasteiger partial charge in [-0.25, -0.2) is 14.0 Å². The van der Waals surface area contributed by atoms with E-state index in [1.807, 2.05) is 18.2 Å². The Morgan fingerprint density at radius 2 is 1.74 bits per heavy atom. The summed E-state index contributed by atoms with van der Waals surface area (Å²) in [6.45, 7) is 2.23. The van der Waals surface area contributed by atoms with Crippen LogP contribution in [-0.2, 0) is 14.3 Å². The maximum atomic E-state index is 14.0. The fourth-order valence-electron chi connectivity index (χ4n) is 3.82. The molecule has 0 aliphatic heterocycles. The minimum atomic E-state index is -0.956. The fourth-order valence-corrected chi connectivity index (χ4v) is 3.82. The zero-order valence-electron chi connectivity index (χ0n) is 17.6. The molecule has 0 radical (unpaired) electrons. The van der Waals surface area contributed by atoms with Gasteiger partial charge in [-0.1, -0.05) is 30.3 Å². The number of carbonyl (C=O) groups excluding carboxylic acids is 1. The van der Waals surface area contributed by atoms with E-state index in [-0.39, 0.29) is 18.3 Å². The van der Waals surface area contributed by atoms with Gasteiger partial charge in [-0.2, -0.15) is 0 Å². The number of hydrogen-bond donors (Lipinski definition) is 2. The summed E-state index contributed by atoms with van der Waals surface area (Å²) >= 11 is 0. The van der Waals surface area contributed by atoms with Gasteiger partial charge in [0, 0.05) is 5.56 Å². The zero-order valence-corrected chi connectivity index (χ0v) is 17.6. The lowest BCUT2D eigenvalue weighted by atomic mass is 9.83. The van der Waals surface area contributed by atoms with Crippen LogP contribution in [0.2, 0.25) is 0 Å². The topological polar surface area (TPSA) is 84.9 Å². The van der Waals surface area contributed by atoms with Crippen LogP contribution in [0.3, 0.4) is 0 Å². The molecule has 1 saturated carbocycles. The van der Waals surface area contributed by atoms with Gasteiger partial charge in [-0.05, 0) is 67.7 Å². The van der Waals surface area contributed by atoms with E-state index >= 15 is 0 Å². The first kappa shape index (κ1) is 22.7. The molecule has 1 aliphatic carbocycles. The van der Waals surface area contributed by atoms with Gasteiger partial charge < -0.3 is 14.6 Å². The zero-order chi connectivity index (χ0) is 22.2. The average molecular weight is 429 g/mol. The molecule has 0 aromatic heterocycles. The molecule has 0 unspecified atom stereocenters. The van der Waals surface area contributed by atoms with Crippen molar-refractivity contribution >= 4 is 17.7 Å². The van der Waals surface area contributed by atoms with Gasteiger partial charge in [-0.15, -0.1) is 0 Å². The predicted octanol–water partition coefficient (Wildman–Crippen LogP) is 5.26. The van der Waals surface area contributed by atoms with Gasteiger partial charge in [0.2, 0.25) is 0 Å². The number of amides is 1. The molecular formula is C24H28FNO5. The lowest BCUT2D eigenvalue weighted by Gasteiger charge is -2.27. The number of nitrogens with one attached hydrogen (secondary N) is 1. The number of carboxylic acids is 1. The number of benzene rings is 2. The molecule has 2 N–H and O–H groups in total. The first-order valence-electron chi connectivity index (χ1n) is 10.5. The highest BCUT2D eigenvalue weighted by Gasteiger charge is 2.23. The standard InChI is InChI=1S/C24H28FNO5/c1-16-6-11-19(12-21(16)25)20-4-2-3-5-22(20)26-24(29)31-14-18-9-7-17(8-10-18)13-30-15-23(27)28/h2-6,11-12,17-18H,7-10,13-15H2,1H3,(H,26,29)(H,27,28)/t17-,18-. The Kier molecular flexibility index (Phi) is 8.00. The number of aryl methyl sites for hydroxylation is 1. The lowest BCUT2D eigenvalue weighted by molar-refractivity contribution is -0.142. The van der Waals surface area contributed by atoms with Gasteiger partial charge in [0.05, 0.1) is 18.9 Å². The highest BCUT2D eigenvalue weighted by atomic mass is 19.1. The van der Waals surface area contributed by atoms with Crippen LogP contribution in [0.5, 0.6) is 0 Å². The summed E-state index contributed by atoms with van der Waals surface area (Å²) in [7, 11) is 0. The summed E-state index contributed by atoms with van der Waals surface area (Å²) in [4.78, 5) is 22.9. The van der Waals surface area contributed by atoms with Crippen molar-refractivity contribution in [1.29, 1.82) is 0 Å². The lowest BCUT2D eigenvalue weighted by Crippen LogP contribution is -2.25. The smallest absolute Gasteiger partial charge is 0.411 e. The summed E-state index contributed by atoms with van der Waals surface area (Å²) < 4.78 is 24.6. The van der Waals surface area contributed by atoms with Crippen molar-refractivity contribution < 1.29 is 28.6 Å². The fraction of sp³-hybridized carbons (Fsp3) is 0.417. The number of carbonyl (C=O) groups is 2.